The lowest BCUT2D eigenvalue weighted by Crippen LogP contribution is -2.04. The normalized spacial score (nSPS) is 10.7. The van der Waals surface area contributed by atoms with Gasteiger partial charge in [-0.2, -0.15) is 63.1 Å². The molecule has 0 N–H and O–H groups in total. The van der Waals surface area contributed by atoms with Crippen LogP contribution >= 0.6 is 0 Å². The molecule has 0 aliphatic carbocycles. The number of fused-ring (bicyclic) bond motifs is 6. The Balaban J connectivity index is 0.856. The smallest absolute Gasteiger partial charge is 0.166 e. The van der Waals surface area contributed by atoms with E-state index in [4.69, 9.17) is 29.9 Å². The van der Waals surface area contributed by atoms with Crippen molar-refractivity contribution in [3.8, 4) is 219 Å². The average molecular weight is 1630 g/mol. The Morgan fingerprint density at radius 2 is 0.383 bits per heavy atom. The minimum atomic E-state index is 0.105. The topological polar surface area (TPSA) is 373 Å². The zero-order valence-electron chi connectivity index (χ0n) is 66.8. The first-order valence-electron chi connectivity index (χ1n) is 39.7. The summed E-state index contributed by atoms with van der Waals surface area (Å²) in [6.45, 7) is 0. The van der Waals surface area contributed by atoms with Crippen molar-refractivity contribution in [1.82, 2.24) is 39.0 Å². The van der Waals surface area contributed by atoms with Gasteiger partial charge in [0.25, 0.3) is 0 Å². The molecule has 0 radical (unpaired) electrons. The molecule has 19 rings (SSSR count). The van der Waals surface area contributed by atoms with Gasteiger partial charge >= 0.3 is 0 Å². The average Bonchev–Trinajstić information content (AvgIpc) is 1.57. The van der Waals surface area contributed by atoms with Gasteiger partial charge in [0.1, 0.15) is 0 Å². The Morgan fingerprint density at radius 1 is 0.172 bits per heavy atom. The molecule has 4 heterocycles. The zero-order valence-corrected chi connectivity index (χ0v) is 66.8. The number of nitrogens with zero attached hydrogens (tertiary/aromatic N) is 20. The van der Waals surface area contributed by atoms with Crippen molar-refractivity contribution in [2.75, 3.05) is 0 Å². The molecule has 0 spiro atoms. The van der Waals surface area contributed by atoms with Crippen LogP contribution in [0, 0.1) is 136 Å². The minimum Gasteiger partial charge on any atom is -0.308 e. The van der Waals surface area contributed by atoms with Crippen LogP contribution in [0.4, 0.5) is 0 Å². The van der Waals surface area contributed by atoms with Crippen LogP contribution in [0.15, 0.2) is 303 Å². The summed E-state index contributed by atoms with van der Waals surface area (Å²) in [6.07, 6.45) is 0. The van der Waals surface area contributed by atoms with E-state index >= 15 is 0 Å². The Hall–Kier alpha value is -20.2. The molecule has 15 aromatic carbocycles. The van der Waals surface area contributed by atoms with Gasteiger partial charge in [0.15, 0.2) is 34.9 Å². The Labute approximate surface area is 730 Å². The standard InChI is InChI=1S/C108H50N20/c109-51-63-36-79(55-113)99(80(37-63)56-114)75-26-32-93-87(47-75)88-48-76(100-81(57-115)38-64(52-110)39-82(100)58-116)27-33-94(88)127(93)97-30-24-73(45-91(97)107-123-103(67-14-5-1-6-15-67)121-104(124-107)68-16-7-2-8-17-68)71-22-13-23-72(44-71)74-25-31-98(92(46-74)108-125-105(69-18-9-3-10-19-69)122-106(126-108)70-20-11-4-12-21-70)128-95-34-28-77(101-83(59-117)40-65(53-111)41-84(101)60-118)49-89(95)90-50-78(29-35-96(90)128)102-85(61-119)42-66(54-112)43-86(102)62-120/h1-50H. The molecule has 0 unspecified atom stereocenters. The molecule has 19 aromatic rings. The summed E-state index contributed by atoms with van der Waals surface area (Å²) >= 11 is 0. The van der Waals surface area contributed by atoms with E-state index in [0.717, 1.165) is 44.5 Å². The molecule has 582 valence electrons. The molecular weight excluding hydrogens is 1580 g/mol. The van der Waals surface area contributed by atoms with Crippen LogP contribution in [0.5, 0.6) is 0 Å². The highest BCUT2D eigenvalue weighted by Crippen LogP contribution is 2.47. The fraction of sp³-hybridized carbons (Fsp3) is 0. The van der Waals surface area contributed by atoms with E-state index in [1.807, 2.05) is 249 Å². The molecule has 0 aliphatic rings. The van der Waals surface area contributed by atoms with Crippen molar-refractivity contribution >= 4 is 43.6 Å². The lowest BCUT2D eigenvalue weighted by Gasteiger charge is -2.18. The summed E-state index contributed by atoms with van der Waals surface area (Å²) < 4.78 is 4.15. The molecule has 0 bridgehead atoms. The van der Waals surface area contributed by atoms with Gasteiger partial charge in [0, 0.05) is 77.2 Å². The number of hydrogen-bond donors (Lipinski definition) is 0. The molecule has 4 aromatic heterocycles. The fourth-order valence-electron chi connectivity index (χ4n) is 16.9. The molecule has 20 heteroatoms. The van der Waals surface area contributed by atoms with E-state index in [0.29, 0.717) is 146 Å². The predicted molar refractivity (Wildman–Crippen MR) is 484 cm³/mol. The molecule has 0 amide bonds. The van der Waals surface area contributed by atoms with E-state index in [2.05, 4.69) is 88.0 Å². The van der Waals surface area contributed by atoms with E-state index in [9.17, 15) is 63.1 Å². The number of aromatic nitrogens is 8. The number of hydrogen-bond acceptors (Lipinski definition) is 18. The first-order valence-corrected chi connectivity index (χ1v) is 39.7. The summed E-state index contributed by atoms with van der Waals surface area (Å²) in [5, 5.41) is 129. The Morgan fingerprint density at radius 3 is 0.609 bits per heavy atom. The number of rotatable bonds is 14. The van der Waals surface area contributed by atoms with E-state index in [1.165, 1.54) is 48.5 Å². The van der Waals surface area contributed by atoms with Crippen LogP contribution in [0.2, 0.25) is 0 Å². The molecule has 0 fully saturated rings. The van der Waals surface area contributed by atoms with Gasteiger partial charge < -0.3 is 9.13 Å². The van der Waals surface area contributed by atoms with Crippen LogP contribution in [0.1, 0.15) is 66.8 Å². The maximum Gasteiger partial charge on any atom is 0.166 e. The highest BCUT2D eigenvalue weighted by Gasteiger charge is 2.28. The quantitative estimate of drug-likeness (QED) is 0.0975. The van der Waals surface area contributed by atoms with Gasteiger partial charge in [-0.3, -0.25) is 0 Å². The third kappa shape index (κ3) is 13.6. The van der Waals surface area contributed by atoms with E-state index in [-0.39, 0.29) is 66.8 Å². The van der Waals surface area contributed by atoms with Crippen molar-refractivity contribution in [2.45, 2.75) is 0 Å². The summed E-state index contributed by atoms with van der Waals surface area (Å²) in [6, 6.07) is 119. The van der Waals surface area contributed by atoms with Gasteiger partial charge in [-0.25, -0.2) is 29.9 Å². The minimum absolute atomic E-state index is 0.105. The Bertz CT molecular complexity index is 7540. The van der Waals surface area contributed by atoms with Gasteiger partial charge in [0.2, 0.25) is 0 Å². The molecule has 128 heavy (non-hydrogen) atoms. The molecule has 20 nitrogen and oxygen atoms in total. The summed E-state index contributed by atoms with van der Waals surface area (Å²) in [7, 11) is 0. The predicted octanol–water partition coefficient (Wildman–Crippen LogP) is 22.7. The second-order valence-electron chi connectivity index (χ2n) is 29.8. The van der Waals surface area contributed by atoms with Gasteiger partial charge in [-0.15, -0.1) is 0 Å². The van der Waals surface area contributed by atoms with E-state index < -0.39 is 0 Å². The second kappa shape index (κ2) is 32.5. The van der Waals surface area contributed by atoms with Crippen molar-refractivity contribution in [3.05, 3.63) is 370 Å². The van der Waals surface area contributed by atoms with Crippen molar-refractivity contribution in [1.29, 1.82) is 63.1 Å². The summed E-state index contributed by atoms with van der Waals surface area (Å²) in [5.41, 5.74) is 15.3. The monoisotopic (exact) mass is 1630 g/mol. The lowest BCUT2D eigenvalue weighted by molar-refractivity contribution is 1.06. The van der Waals surface area contributed by atoms with Gasteiger partial charge in [-0.1, -0.05) is 176 Å². The number of nitriles is 12. The highest BCUT2D eigenvalue weighted by molar-refractivity contribution is 6.14. The van der Waals surface area contributed by atoms with Gasteiger partial charge in [-0.05, 0) is 172 Å². The first kappa shape index (κ1) is 77.7. The summed E-state index contributed by atoms with van der Waals surface area (Å²) in [4.78, 5) is 31.8. The maximum absolute atomic E-state index is 10.7. The molecule has 0 saturated carbocycles. The second-order valence-corrected chi connectivity index (χ2v) is 29.8. The molecule has 0 aliphatic heterocycles. The fourth-order valence-corrected chi connectivity index (χ4v) is 16.9. The SMILES string of the molecule is N#Cc1cc(C#N)c(-c2ccc3c(c2)c2cc(-c4c(C#N)cc(C#N)cc4C#N)ccc2n3-c2ccc(-c3cccc(-c4ccc(-n5c6ccc(-c7c(C#N)cc(C#N)cc7C#N)cc6c6cc(-c7c(C#N)cc(C#N)cc7C#N)ccc65)c(-c5nc(-c6ccccc6)nc(-c6ccccc6)n5)c4)c3)cc2-c2nc(-c3ccccc3)nc(-c3ccccc3)n2)c(C#N)c1. The van der Waals surface area contributed by atoms with E-state index in [1.54, 1.807) is 0 Å². The highest BCUT2D eigenvalue weighted by atomic mass is 15.1. The van der Waals surface area contributed by atoms with Crippen LogP contribution in [-0.2, 0) is 0 Å². The zero-order chi connectivity index (χ0) is 87.8. The van der Waals surface area contributed by atoms with Crippen LogP contribution in [0.25, 0.3) is 190 Å². The third-order valence-electron chi connectivity index (χ3n) is 22.6. The van der Waals surface area contributed by atoms with Crippen LogP contribution in [0.3, 0.4) is 0 Å². The third-order valence-corrected chi connectivity index (χ3v) is 22.6. The van der Waals surface area contributed by atoms with Crippen molar-refractivity contribution < 1.29 is 0 Å². The van der Waals surface area contributed by atoms with Crippen LogP contribution in [-0.4, -0.2) is 39.0 Å². The van der Waals surface area contributed by atoms with Gasteiger partial charge in [0.05, 0.1) is 173 Å². The largest absolute Gasteiger partial charge is 0.308 e. The lowest BCUT2D eigenvalue weighted by atomic mass is 9.91. The number of benzene rings is 15. The van der Waals surface area contributed by atoms with Crippen molar-refractivity contribution in [2.24, 2.45) is 0 Å². The first-order chi connectivity index (χ1) is 62.8. The Kier molecular flexibility index (Phi) is 19.7. The molecular formula is C108H50N20. The van der Waals surface area contributed by atoms with Crippen LogP contribution < -0.4 is 0 Å². The summed E-state index contributed by atoms with van der Waals surface area (Å²) in [5.74, 6) is 2.12. The maximum atomic E-state index is 10.7. The van der Waals surface area contributed by atoms with Crippen molar-refractivity contribution in [3.63, 3.8) is 0 Å². The molecule has 0 saturated heterocycles. The molecule has 0 atom stereocenters.